The van der Waals surface area contributed by atoms with Crippen LogP contribution in [0.25, 0.3) is 11.0 Å². The molecule has 0 unspecified atom stereocenters. The first-order chi connectivity index (χ1) is 12.7. The molecular weight excluding hydrogens is 368 g/mol. The highest BCUT2D eigenvalue weighted by Crippen LogP contribution is 2.27. The van der Waals surface area contributed by atoms with Crippen LogP contribution in [0.1, 0.15) is 39.5 Å². The molecule has 1 fully saturated rings. The van der Waals surface area contributed by atoms with E-state index in [9.17, 15) is 18.0 Å². The van der Waals surface area contributed by atoms with Gasteiger partial charge in [0.1, 0.15) is 5.58 Å². The quantitative estimate of drug-likeness (QED) is 0.761. The fourth-order valence-electron chi connectivity index (χ4n) is 3.24. The molecule has 27 heavy (non-hydrogen) atoms. The van der Waals surface area contributed by atoms with E-state index in [-0.39, 0.29) is 17.9 Å². The summed E-state index contributed by atoms with van der Waals surface area (Å²) in [4.78, 5) is 23.8. The van der Waals surface area contributed by atoms with E-state index < -0.39 is 20.9 Å². The minimum atomic E-state index is -3.29. The second-order valence-electron chi connectivity index (χ2n) is 7.26. The Morgan fingerprint density at radius 2 is 1.81 bits per heavy atom. The fourth-order valence-corrected chi connectivity index (χ4v) is 4.21. The number of fused-ring (bicyclic) bond motifs is 1. The van der Waals surface area contributed by atoms with Crippen LogP contribution >= 0.6 is 0 Å². The van der Waals surface area contributed by atoms with Gasteiger partial charge in [0.05, 0.1) is 5.25 Å². The molecule has 2 N–H and O–H groups in total. The van der Waals surface area contributed by atoms with Crippen molar-refractivity contribution in [2.45, 2.75) is 50.8 Å². The number of anilines is 1. The Morgan fingerprint density at radius 1 is 1.11 bits per heavy atom. The highest BCUT2D eigenvalue weighted by molar-refractivity contribution is 7.90. The van der Waals surface area contributed by atoms with Gasteiger partial charge in [0.2, 0.25) is 15.9 Å². The predicted octanol–water partition coefficient (Wildman–Crippen LogP) is 2.62. The lowest BCUT2D eigenvalue weighted by atomic mass is 9.86. The largest absolute Gasteiger partial charge is 0.423 e. The molecule has 0 atom stereocenters. The van der Waals surface area contributed by atoms with Crippen molar-refractivity contribution in [3.8, 4) is 0 Å². The van der Waals surface area contributed by atoms with Crippen LogP contribution in [0.2, 0.25) is 0 Å². The Hall–Kier alpha value is -2.19. The number of sulfonamides is 1. The Morgan fingerprint density at radius 3 is 2.48 bits per heavy atom. The minimum absolute atomic E-state index is 0.0723. The van der Waals surface area contributed by atoms with E-state index in [1.165, 1.54) is 6.07 Å². The second kappa shape index (κ2) is 7.82. The highest BCUT2D eigenvalue weighted by Gasteiger charge is 2.29. The maximum atomic E-state index is 12.5. The zero-order valence-electron chi connectivity index (χ0n) is 15.4. The molecule has 0 saturated heterocycles. The molecule has 1 aliphatic rings. The third-order valence-electron chi connectivity index (χ3n) is 4.94. The van der Waals surface area contributed by atoms with E-state index in [4.69, 9.17) is 4.42 Å². The van der Waals surface area contributed by atoms with Gasteiger partial charge in [-0.2, -0.15) is 0 Å². The Labute approximate surface area is 158 Å². The summed E-state index contributed by atoms with van der Waals surface area (Å²) in [5, 5.41) is 3.18. The van der Waals surface area contributed by atoms with Gasteiger partial charge in [0.15, 0.2) is 0 Å². The van der Waals surface area contributed by atoms with Crippen molar-refractivity contribution in [3.05, 3.63) is 40.8 Å². The van der Waals surface area contributed by atoms with E-state index in [0.717, 1.165) is 5.39 Å². The van der Waals surface area contributed by atoms with Gasteiger partial charge < -0.3 is 9.73 Å². The van der Waals surface area contributed by atoms with Gasteiger partial charge in [-0.25, -0.2) is 17.9 Å². The summed E-state index contributed by atoms with van der Waals surface area (Å²) in [6, 6.07) is 8.01. The lowest BCUT2D eigenvalue weighted by Gasteiger charge is -2.28. The predicted molar refractivity (Wildman–Crippen MR) is 104 cm³/mol. The van der Waals surface area contributed by atoms with Crippen molar-refractivity contribution in [2.24, 2.45) is 5.92 Å². The maximum absolute atomic E-state index is 12.5. The lowest BCUT2D eigenvalue weighted by Crippen LogP contribution is -2.42. The number of carbonyl (C=O) groups excluding carboxylic acids is 1. The number of hydrogen-bond donors (Lipinski definition) is 2. The number of rotatable bonds is 5. The second-order valence-corrected chi connectivity index (χ2v) is 9.52. The summed E-state index contributed by atoms with van der Waals surface area (Å²) < 4.78 is 31.7. The molecule has 146 valence electrons. The van der Waals surface area contributed by atoms with Crippen molar-refractivity contribution < 1.29 is 17.6 Å². The summed E-state index contributed by atoms with van der Waals surface area (Å²) in [6.45, 7) is 3.30. The maximum Gasteiger partial charge on any atom is 0.336 e. The third kappa shape index (κ3) is 4.75. The molecule has 2 aromatic rings. The molecule has 1 amide bonds. The third-order valence-corrected chi connectivity index (χ3v) is 6.84. The number of amides is 1. The van der Waals surface area contributed by atoms with Crippen LogP contribution in [-0.4, -0.2) is 25.6 Å². The van der Waals surface area contributed by atoms with Gasteiger partial charge in [-0.15, -0.1) is 0 Å². The number of hydrogen-bond acceptors (Lipinski definition) is 5. The molecule has 7 nitrogen and oxygen atoms in total. The minimum Gasteiger partial charge on any atom is -0.423 e. The molecule has 0 bridgehead atoms. The molecule has 1 heterocycles. The topological polar surface area (TPSA) is 105 Å². The smallest absolute Gasteiger partial charge is 0.336 e. The van der Waals surface area contributed by atoms with Gasteiger partial charge in [0, 0.05) is 29.1 Å². The summed E-state index contributed by atoms with van der Waals surface area (Å²) in [6.07, 6.45) is 2.57. The lowest BCUT2D eigenvalue weighted by molar-refractivity contribution is -0.120. The van der Waals surface area contributed by atoms with Crippen molar-refractivity contribution in [1.82, 2.24) is 4.72 Å². The molecule has 0 spiro atoms. The molecule has 0 radical (unpaired) electrons. The standard InChI is InChI=1S/C19H24N2O5S/c1-12(2)27(24,25)21-15-6-3-13(4-7-15)19(23)20-16-8-9-17-14(11-16)5-10-18(22)26-17/h5,8-13,15,21H,3-4,6-7H2,1-2H3,(H,20,23). The SMILES string of the molecule is CC(C)S(=O)(=O)NC1CCC(C(=O)Nc2ccc3oc(=O)ccc3c2)CC1. The van der Waals surface area contributed by atoms with Crippen LogP contribution in [0.4, 0.5) is 5.69 Å². The average molecular weight is 392 g/mol. The van der Waals surface area contributed by atoms with Crippen LogP contribution in [0.3, 0.4) is 0 Å². The van der Waals surface area contributed by atoms with Crippen molar-refractivity contribution in [2.75, 3.05) is 5.32 Å². The first-order valence-electron chi connectivity index (χ1n) is 9.10. The molecule has 1 aromatic carbocycles. The van der Waals surface area contributed by atoms with Crippen molar-refractivity contribution in [1.29, 1.82) is 0 Å². The zero-order valence-corrected chi connectivity index (χ0v) is 16.2. The van der Waals surface area contributed by atoms with Gasteiger partial charge in [-0.3, -0.25) is 4.79 Å². The van der Waals surface area contributed by atoms with Crippen molar-refractivity contribution in [3.63, 3.8) is 0 Å². The van der Waals surface area contributed by atoms with Crippen LogP contribution in [0.15, 0.2) is 39.5 Å². The number of benzene rings is 1. The molecule has 8 heteroatoms. The summed E-state index contributed by atoms with van der Waals surface area (Å²) >= 11 is 0. The number of carbonyl (C=O) groups is 1. The van der Waals surface area contributed by atoms with Gasteiger partial charge in [-0.05, 0) is 63.8 Å². The molecule has 1 saturated carbocycles. The Bertz CT molecular complexity index is 989. The number of nitrogens with one attached hydrogen (secondary N) is 2. The van der Waals surface area contributed by atoms with E-state index in [2.05, 4.69) is 10.0 Å². The van der Waals surface area contributed by atoms with Crippen LogP contribution < -0.4 is 15.7 Å². The molecular formula is C19H24N2O5S. The van der Waals surface area contributed by atoms with Crippen LogP contribution in [-0.2, 0) is 14.8 Å². The van der Waals surface area contributed by atoms with E-state index in [1.54, 1.807) is 38.1 Å². The van der Waals surface area contributed by atoms with Gasteiger partial charge >= 0.3 is 5.63 Å². The van der Waals surface area contributed by atoms with Crippen LogP contribution in [0.5, 0.6) is 0 Å². The summed E-state index contributed by atoms with van der Waals surface area (Å²) in [7, 11) is -3.29. The molecule has 3 rings (SSSR count). The van der Waals surface area contributed by atoms with E-state index in [1.807, 2.05) is 0 Å². The first kappa shape index (κ1) is 19.6. The van der Waals surface area contributed by atoms with Crippen molar-refractivity contribution >= 4 is 32.6 Å². The van der Waals surface area contributed by atoms with Crippen LogP contribution in [0, 0.1) is 5.92 Å². The average Bonchev–Trinajstić information content (AvgIpc) is 2.62. The zero-order chi connectivity index (χ0) is 19.6. The van der Waals surface area contributed by atoms with E-state index in [0.29, 0.717) is 37.0 Å². The highest BCUT2D eigenvalue weighted by atomic mass is 32.2. The first-order valence-corrected chi connectivity index (χ1v) is 10.6. The van der Waals surface area contributed by atoms with Gasteiger partial charge in [0.25, 0.3) is 0 Å². The monoisotopic (exact) mass is 392 g/mol. The molecule has 1 aromatic heterocycles. The normalized spacial score (nSPS) is 20.7. The molecule has 1 aliphatic carbocycles. The summed E-state index contributed by atoms with van der Waals surface area (Å²) in [5.41, 5.74) is 0.701. The fraction of sp³-hybridized carbons (Fsp3) is 0.474. The van der Waals surface area contributed by atoms with Gasteiger partial charge in [-0.1, -0.05) is 0 Å². The molecule has 0 aliphatic heterocycles. The Balaban J connectivity index is 1.58. The summed E-state index contributed by atoms with van der Waals surface area (Å²) in [5.74, 6) is -0.217. The Kier molecular flexibility index (Phi) is 5.67. The van der Waals surface area contributed by atoms with E-state index >= 15 is 0 Å².